The molecule has 0 saturated carbocycles. The maximum atomic E-state index is 12.5. The number of hydrogen-bond acceptors (Lipinski definition) is 4. The molecule has 2 aromatic rings. The molecule has 20 heavy (non-hydrogen) atoms. The van der Waals surface area contributed by atoms with Crippen LogP contribution in [0.25, 0.3) is 0 Å². The number of furan rings is 1. The zero-order valence-electron chi connectivity index (χ0n) is 10.9. The van der Waals surface area contributed by atoms with Crippen molar-refractivity contribution in [1.82, 2.24) is 4.31 Å². The molecule has 0 amide bonds. The number of hydrogen-bond donors (Lipinski definition) is 0. The first kappa shape index (κ1) is 16.0. The van der Waals surface area contributed by atoms with Crippen molar-refractivity contribution in [2.75, 3.05) is 7.05 Å². The molecule has 0 radical (unpaired) electrons. The third kappa shape index (κ3) is 3.28. The van der Waals surface area contributed by atoms with Crippen LogP contribution in [0, 0.1) is 6.92 Å². The van der Waals surface area contributed by atoms with Crippen molar-refractivity contribution in [3.63, 3.8) is 0 Å². The van der Waals surface area contributed by atoms with Crippen LogP contribution in [0.15, 0.2) is 31.3 Å². The SMILES string of the molecule is Cc1oc(CCl)cc1S(=O)(=O)N(C)Cc1cc(Br)cs1. The lowest BCUT2D eigenvalue weighted by Crippen LogP contribution is -2.26. The first-order chi connectivity index (χ1) is 9.34. The van der Waals surface area contributed by atoms with Crippen LogP contribution in [0.4, 0.5) is 0 Å². The Morgan fingerprint density at radius 2 is 2.15 bits per heavy atom. The van der Waals surface area contributed by atoms with Gasteiger partial charge in [-0.15, -0.1) is 22.9 Å². The van der Waals surface area contributed by atoms with Crippen LogP contribution in [-0.4, -0.2) is 19.8 Å². The number of sulfonamides is 1. The molecule has 0 bridgehead atoms. The summed E-state index contributed by atoms with van der Waals surface area (Å²) in [5.41, 5.74) is 0. The Hall–Kier alpha value is -0.340. The van der Waals surface area contributed by atoms with Gasteiger partial charge < -0.3 is 4.42 Å². The molecule has 110 valence electrons. The maximum absolute atomic E-state index is 12.5. The average molecular weight is 399 g/mol. The van der Waals surface area contributed by atoms with Gasteiger partial charge in [0, 0.05) is 34.4 Å². The largest absolute Gasteiger partial charge is 0.464 e. The van der Waals surface area contributed by atoms with E-state index in [4.69, 9.17) is 16.0 Å². The number of rotatable bonds is 5. The summed E-state index contributed by atoms with van der Waals surface area (Å²) in [6.45, 7) is 1.94. The highest BCUT2D eigenvalue weighted by Gasteiger charge is 2.26. The molecule has 2 heterocycles. The highest BCUT2D eigenvalue weighted by molar-refractivity contribution is 9.10. The average Bonchev–Trinajstić information content (AvgIpc) is 2.95. The normalized spacial score (nSPS) is 12.2. The lowest BCUT2D eigenvalue weighted by atomic mass is 10.4. The number of alkyl halides is 1. The Bertz CT molecular complexity index is 708. The van der Waals surface area contributed by atoms with E-state index in [0.717, 1.165) is 9.35 Å². The van der Waals surface area contributed by atoms with E-state index in [0.29, 0.717) is 18.1 Å². The highest BCUT2D eigenvalue weighted by Crippen LogP contribution is 2.27. The molecule has 0 aliphatic heterocycles. The van der Waals surface area contributed by atoms with Crippen LogP contribution in [0.3, 0.4) is 0 Å². The Morgan fingerprint density at radius 3 is 2.65 bits per heavy atom. The molecule has 4 nitrogen and oxygen atoms in total. The van der Waals surface area contributed by atoms with Gasteiger partial charge in [-0.05, 0) is 28.9 Å². The van der Waals surface area contributed by atoms with Crippen molar-refractivity contribution >= 4 is 48.9 Å². The minimum absolute atomic E-state index is 0.151. The summed E-state index contributed by atoms with van der Waals surface area (Å²) in [4.78, 5) is 1.13. The van der Waals surface area contributed by atoms with Crippen LogP contribution in [0.1, 0.15) is 16.4 Å². The molecule has 8 heteroatoms. The third-order valence-corrected chi connectivity index (χ3v) is 6.60. The van der Waals surface area contributed by atoms with E-state index in [2.05, 4.69) is 15.9 Å². The summed E-state index contributed by atoms with van der Waals surface area (Å²) in [5.74, 6) is 0.965. The van der Waals surface area contributed by atoms with Gasteiger partial charge in [0.1, 0.15) is 16.4 Å². The Kier molecular flexibility index (Phi) is 4.96. The molecule has 0 aromatic carbocycles. The maximum Gasteiger partial charge on any atom is 0.246 e. The van der Waals surface area contributed by atoms with Gasteiger partial charge in [-0.1, -0.05) is 0 Å². The minimum Gasteiger partial charge on any atom is -0.464 e. The quantitative estimate of drug-likeness (QED) is 0.716. The van der Waals surface area contributed by atoms with E-state index >= 15 is 0 Å². The Balaban J connectivity index is 2.26. The second-order valence-electron chi connectivity index (χ2n) is 4.26. The highest BCUT2D eigenvalue weighted by atomic mass is 79.9. The van der Waals surface area contributed by atoms with Crippen LogP contribution in [0.2, 0.25) is 0 Å². The van der Waals surface area contributed by atoms with E-state index in [1.807, 2.05) is 11.4 Å². The fourth-order valence-corrected chi connectivity index (χ4v) is 4.80. The number of nitrogens with zero attached hydrogens (tertiary/aromatic N) is 1. The molecule has 0 unspecified atom stereocenters. The lowest BCUT2D eigenvalue weighted by molar-refractivity contribution is 0.461. The van der Waals surface area contributed by atoms with E-state index < -0.39 is 10.0 Å². The standard InChI is InChI=1S/C12H13BrClNO3S2/c1-8-12(4-10(5-14)18-8)20(16,17)15(2)6-11-3-9(13)7-19-11/h3-4,7H,5-6H2,1-2H3. The summed E-state index contributed by atoms with van der Waals surface area (Å²) in [6.07, 6.45) is 0. The Morgan fingerprint density at radius 1 is 1.45 bits per heavy atom. The number of halogens is 2. The molecular formula is C12H13BrClNO3S2. The van der Waals surface area contributed by atoms with Gasteiger partial charge in [0.2, 0.25) is 10.0 Å². The summed E-state index contributed by atoms with van der Waals surface area (Å²) in [5, 5.41) is 1.92. The zero-order chi connectivity index (χ0) is 14.9. The van der Waals surface area contributed by atoms with Crippen molar-refractivity contribution in [3.05, 3.63) is 38.4 Å². The van der Waals surface area contributed by atoms with E-state index in [9.17, 15) is 8.42 Å². The molecule has 0 aliphatic carbocycles. The summed E-state index contributed by atoms with van der Waals surface area (Å²) in [6, 6.07) is 3.39. The minimum atomic E-state index is -3.58. The summed E-state index contributed by atoms with van der Waals surface area (Å²) < 4.78 is 32.6. The molecule has 2 rings (SSSR count). The molecular weight excluding hydrogens is 386 g/mol. The predicted molar refractivity (Wildman–Crippen MR) is 83.7 cm³/mol. The molecule has 2 aromatic heterocycles. The van der Waals surface area contributed by atoms with Crippen molar-refractivity contribution in [1.29, 1.82) is 0 Å². The fraction of sp³-hybridized carbons (Fsp3) is 0.333. The van der Waals surface area contributed by atoms with Crippen molar-refractivity contribution in [2.24, 2.45) is 0 Å². The predicted octanol–water partition coefficient (Wildman–Crippen LogP) is 3.97. The molecule has 0 N–H and O–H groups in total. The van der Waals surface area contributed by atoms with E-state index in [1.165, 1.54) is 21.7 Å². The van der Waals surface area contributed by atoms with Crippen molar-refractivity contribution in [2.45, 2.75) is 24.2 Å². The first-order valence-corrected chi connectivity index (χ1v) is 9.34. The second kappa shape index (κ2) is 6.19. The van der Waals surface area contributed by atoms with E-state index in [1.54, 1.807) is 14.0 Å². The Labute approximate surface area is 135 Å². The topological polar surface area (TPSA) is 50.5 Å². The molecule has 0 aliphatic rings. The molecule has 0 saturated heterocycles. The van der Waals surface area contributed by atoms with Gasteiger partial charge in [0.25, 0.3) is 0 Å². The van der Waals surface area contributed by atoms with Gasteiger partial charge in [-0.2, -0.15) is 4.31 Å². The monoisotopic (exact) mass is 397 g/mol. The van der Waals surface area contributed by atoms with Gasteiger partial charge in [0.05, 0.1) is 5.88 Å². The molecule has 0 spiro atoms. The number of aryl methyl sites for hydroxylation is 1. The van der Waals surface area contributed by atoms with Gasteiger partial charge >= 0.3 is 0 Å². The van der Waals surface area contributed by atoms with Crippen LogP contribution >= 0.6 is 38.9 Å². The van der Waals surface area contributed by atoms with Gasteiger partial charge in [-0.25, -0.2) is 8.42 Å². The van der Waals surface area contributed by atoms with Crippen LogP contribution in [-0.2, 0) is 22.4 Å². The summed E-state index contributed by atoms with van der Waals surface area (Å²) >= 11 is 10.5. The third-order valence-electron chi connectivity index (χ3n) is 2.74. The van der Waals surface area contributed by atoms with Gasteiger partial charge in [0.15, 0.2) is 0 Å². The van der Waals surface area contributed by atoms with Crippen LogP contribution in [0.5, 0.6) is 0 Å². The second-order valence-corrected chi connectivity index (χ2v) is 8.45. The summed E-state index contributed by atoms with van der Waals surface area (Å²) in [7, 11) is -2.02. The van der Waals surface area contributed by atoms with E-state index in [-0.39, 0.29) is 10.8 Å². The first-order valence-electron chi connectivity index (χ1n) is 5.69. The van der Waals surface area contributed by atoms with Gasteiger partial charge in [-0.3, -0.25) is 0 Å². The van der Waals surface area contributed by atoms with Crippen molar-refractivity contribution < 1.29 is 12.8 Å². The zero-order valence-corrected chi connectivity index (χ0v) is 14.9. The fourth-order valence-electron chi connectivity index (χ4n) is 1.76. The molecule has 0 fully saturated rings. The van der Waals surface area contributed by atoms with Crippen LogP contribution < -0.4 is 0 Å². The lowest BCUT2D eigenvalue weighted by Gasteiger charge is -2.15. The smallest absolute Gasteiger partial charge is 0.246 e. The molecule has 0 atom stereocenters. The van der Waals surface area contributed by atoms with Crippen molar-refractivity contribution in [3.8, 4) is 0 Å². The number of thiophene rings is 1.